The van der Waals surface area contributed by atoms with Crippen LogP contribution in [0.4, 0.5) is 0 Å². The Hall–Kier alpha value is -1.33. The standard InChI is InChI=1S/C14H18BrN3O/c1-4-19-11-6-5-10(7-9(11)2)13-14(15)18(3)12(8-16)17-13/h5-7H,4,8,16H2,1-3H3. The molecule has 2 N–H and O–H groups in total. The predicted octanol–water partition coefficient (Wildman–Crippen LogP) is 3.02. The number of aromatic nitrogens is 2. The maximum atomic E-state index is 5.68. The lowest BCUT2D eigenvalue weighted by atomic mass is 10.1. The molecule has 4 nitrogen and oxygen atoms in total. The summed E-state index contributed by atoms with van der Waals surface area (Å²) >= 11 is 3.57. The van der Waals surface area contributed by atoms with Gasteiger partial charge in [0.25, 0.3) is 0 Å². The van der Waals surface area contributed by atoms with Crippen LogP contribution in [0.3, 0.4) is 0 Å². The average Bonchev–Trinajstić information content (AvgIpc) is 2.69. The molecule has 0 saturated heterocycles. The van der Waals surface area contributed by atoms with E-state index in [0.29, 0.717) is 13.2 Å². The Morgan fingerprint density at radius 2 is 2.16 bits per heavy atom. The maximum absolute atomic E-state index is 5.68. The van der Waals surface area contributed by atoms with Crippen LogP contribution in [-0.2, 0) is 13.6 Å². The summed E-state index contributed by atoms with van der Waals surface area (Å²) in [4.78, 5) is 4.57. The summed E-state index contributed by atoms with van der Waals surface area (Å²) in [5.74, 6) is 1.77. The number of nitrogens with zero attached hydrogens (tertiary/aromatic N) is 2. The summed E-state index contributed by atoms with van der Waals surface area (Å²) in [7, 11) is 1.95. The second kappa shape index (κ2) is 5.75. The first kappa shape index (κ1) is 14.1. The molecule has 1 aromatic heterocycles. The maximum Gasteiger partial charge on any atom is 0.123 e. The van der Waals surface area contributed by atoms with Crippen molar-refractivity contribution in [1.29, 1.82) is 0 Å². The van der Waals surface area contributed by atoms with Gasteiger partial charge in [0.1, 0.15) is 21.9 Å². The lowest BCUT2D eigenvalue weighted by molar-refractivity contribution is 0.338. The summed E-state index contributed by atoms with van der Waals surface area (Å²) in [5, 5.41) is 0. The van der Waals surface area contributed by atoms with Gasteiger partial charge in [0.05, 0.1) is 13.2 Å². The number of halogens is 1. The van der Waals surface area contributed by atoms with Crippen molar-refractivity contribution in [2.24, 2.45) is 12.8 Å². The van der Waals surface area contributed by atoms with E-state index < -0.39 is 0 Å². The zero-order chi connectivity index (χ0) is 14.0. The van der Waals surface area contributed by atoms with Crippen LogP contribution in [0, 0.1) is 6.92 Å². The molecule has 0 spiro atoms. The van der Waals surface area contributed by atoms with E-state index in [4.69, 9.17) is 10.5 Å². The molecule has 1 heterocycles. The molecule has 2 aromatic rings. The third-order valence-corrected chi connectivity index (χ3v) is 3.96. The SMILES string of the molecule is CCOc1ccc(-c2nc(CN)n(C)c2Br)cc1C. The number of ether oxygens (including phenoxy) is 1. The highest BCUT2D eigenvalue weighted by Crippen LogP contribution is 2.31. The van der Waals surface area contributed by atoms with Gasteiger partial charge in [0, 0.05) is 12.6 Å². The number of aryl methyl sites for hydroxylation is 1. The topological polar surface area (TPSA) is 53.1 Å². The normalized spacial score (nSPS) is 10.8. The van der Waals surface area contributed by atoms with Crippen molar-refractivity contribution in [3.8, 4) is 17.0 Å². The van der Waals surface area contributed by atoms with Crippen molar-refractivity contribution in [2.45, 2.75) is 20.4 Å². The summed E-state index contributed by atoms with van der Waals surface area (Å²) in [6, 6.07) is 6.08. The third kappa shape index (κ3) is 2.67. The van der Waals surface area contributed by atoms with E-state index in [1.165, 1.54) is 0 Å². The molecule has 0 bridgehead atoms. The van der Waals surface area contributed by atoms with Crippen LogP contribution in [0.1, 0.15) is 18.3 Å². The fourth-order valence-electron chi connectivity index (χ4n) is 2.00. The molecule has 0 unspecified atom stereocenters. The van der Waals surface area contributed by atoms with Crippen molar-refractivity contribution >= 4 is 15.9 Å². The summed E-state index contributed by atoms with van der Waals surface area (Å²) in [5.41, 5.74) is 8.75. The summed E-state index contributed by atoms with van der Waals surface area (Å²) in [6.07, 6.45) is 0. The molecule has 0 aliphatic carbocycles. The highest BCUT2D eigenvalue weighted by atomic mass is 79.9. The molecule has 0 fully saturated rings. The van der Waals surface area contributed by atoms with Gasteiger partial charge in [0.2, 0.25) is 0 Å². The molecule has 0 saturated carbocycles. The molecule has 5 heteroatoms. The van der Waals surface area contributed by atoms with Crippen LogP contribution in [0.2, 0.25) is 0 Å². The Balaban J connectivity index is 2.45. The number of hydrogen-bond donors (Lipinski definition) is 1. The highest BCUT2D eigenvalue weighted by molar-refractivity contribution is 9.10. The second-order valence-electron chi connectivity index (χ2n) is 4.34. The smallest absolute Gasteiger partial charge is 0.123 e. The van der Waals surface area contributed by atoms with Crippen molar-refractivity contribution in [1.82, 2.24) is 9.55 Å². The first-order valence-corrected chi connectivity index (χ1v) is 7.02. The van der Waals surface area contributed by atoms with Crippen molar-refractivity contribution in [2.75, 3.05) is 6.61 Å². The zero-order valence-electron chi connectivity index (χ0n) is 11.4. The highest BCUT2D eigenvalue weighted by Gasteiger charge is 2.14. The van der Waals surface area contributed by atoms with Gasteiger partial charge in [-0.15, -0.1) is 0 Å². The fraction of sp³-hybridized carbons (Fsp3) is 0.357. The molecule has 0 amide bonds. The van der Waals surface area contributed by atoms with E-state index in [2.05, 4.69) is 27.0 Å². The predicted molar refractivity (Wildman–Crippen MR) is 80.1 cm³/mol. The molecule has 0 aliphatic rings. The Morgan fingerprint density at radius 1 is 1.42 bits per heavy atom. The van der Waals surface area contributed by atoms with E-state index in [1.54, 1.807) is 0 Å². The summed E-state index contributed by atoms with van der Waals surface area (Å²) in [6.45, 7) is 5.11. The van der Waals surface area contributed by atoms with E-state index in [0.717, 1.165) is 33.0 Å². The summed E-state index contributed by atoms with van der Waals surface area (Å²) < 4.78 is 8.45. The van der Waals surface area contributed by atoms with Crippen molar-refractivity contribution < 1.29 is 4.74 Å². The van der Waals surface area contributed by atoms with Crippen molar-refractivity contribution in [3.63, 3.8) is 0 Å². The Labute approximate surface area is 121 Å². The van der Waals surface area contributed by atoms with E-state index in [-0.39, 0.29) is 0 Å². The molecule has 0 atom stereocenters. The molecule has 19 heavy (non-hydrogen) atoms. The minimum absolute atomic E-state index is 0.422. The van der Waals surface area contributed by atoms with E-state index >= 15 is 0 Å². The third-order valence-electron chi connectivity index (χ3n) is 3.05. The number of rotatable bonds is 4. The van der Waals surface area contributed by atoms with E-state index in [1.807, 2.05) is 37.6 Å². The average molecular weight is 324 g/mol. The minimum Gasteiger partial charge on any atom is -0.494 e. The van der Waals surface area contributed by atoms with Crippen molar-refractivity contribution in [3.05, 3.63) is 34.2 Å². The van der Waals surface area contributed by atoms with Crippen LogP contribution >= 0.6 is 15.9 Å². The Kier molecular flexibility index (Phi) is 4.27. The Morgan fingerprint density at radius 3 is 2.68 bits per heavy atom. The molecule has 102 valence electrons. The molecule has 0 aliphatic heterocycles. The largest absolute Gasteiger partial charge is 0.494 e. The van der Waals surface area contributed by atoms with Gasteiger partial charge < -0.3 is 15.0 Å². The Bertz CT molecular complexity index is 593. The lowest BCUT2D eigenvalue weighted by Gasteiger charge is -2.08. The van der Waals surface area contributed by atoms with Crippen LogP contribution < -0.4 is 10.5 Å². The lowest BCUT2D eigenvalue weighted by Crippen LogP contribution is -2.04. The van der Waals surface area contributed by atoms with Gasteiger partial charge in [-0.2, -0.15) is 0 Å². The molecule has 2 rings (SSSR count). The van der Waals surface area contributed by atoms with Crippen LogP contribution in [0.25, 0.3) is 11.3 Å². The zero-order valence-corrected chi connectivity index (χ0v) is 13.0. The van der Waals surface area contributed by atoms with Gasteiger partial charge in [0.15, 0.2) is 0 Å². The molecule has 0 radical (unpaired) electrons. The van der Waals surface area contributed by atoms with Gasteiger partial charge in [-0.05, 0) is 53.5 Å². The quantitative estimate of drug-likeness (QED) is 0.940. The first-order chi connectivity index (χ1) is 9.08. The number of hydrogen-bond acceptors (Lipinski definition) is 3. The van der Waals surface area contributed by atoms with Gasteiger partial charge in [-0.1, -0.05) is 0 Å². The minimum atomic E-state index is 0.422. The molecular formula is C14H18BrN3O. The van der Waals surface area contributed by atoms with Gasteiger partial charge in [-0.25, -0.2) is 4.98 Å². The van der Waals surface area contributed by atoms with Crippen LogP contribution in [0.5, 0.6) is 5.75 Å². The number of benzene rings is 1. The van der Waals surface area contributed by atoms with Crippen LogP contribution in [-0.4, -0.2) is 16.2 Å². The number of nitrogens with two attached hydrogens (primary N) is 1. The second-order valence-corrected chi connectivity index (χ2v) is 5.10. The fourth-order valence-corrected chi connectivity index (χ4v) is 2.52. The molecular weight excluding hydrogens is 306 g/mol. The van der Waals surface area contributed by atoms with E-state index in [9.17, 15) is 0 Å². The monoisotopic (exact) mass is 323 g/mol. The van der Waals surface area contributed by atoms with Gasteiger partial charge in [-0.3, -0.25) is 0 Å². The van der Waals surface area contributed by atoms with Crippen LogP contribution in [0.15, 0.2) is 22.8 Å². The van der Waals surface area contributed by atoms with Gasteiger partial charge >= 0.3 is 0 Å². The molecule has 1 aromatic carbocycles. The number of imidazole rings is 1. The first-order valence-electron chi connectivity index (χ1n) is 6.23.